The first-order chi connectivity index (χ1) is 6.96. The summed E-state index contributed by atoms with van der Waals surface area (Å²) in [5, 5.41) is 2.90. The second-order valence-corrected chi connectivity index (χ2v) is 4.11. The highest BCUT2D eigenvalue weighted by Crippen LogP contribution is 2.34. The van der Waals surface area contributed by atoms with E-state index in [1.807, 2.05) is 0 Å². The van der Waals surface area contributed by atoms with Gasteiger partial charge in [0, 0.05) is 30.1 Å². The summed E-state index contributed by atoms with van der Waals surface area (Å²) in [7, 11) is 0. The van der Waals surface area contributed by atoms with Gasteiger partial charge in [-0.25, -0.2) is 13.2 Å². The number of halogens is 3. The van der Waals surface area contributed by atoms with Crippen molar-refractivity contribution >= 4 is 5.69 Å². The molecule has 1 aliphatic rings. The molecule has 0 bridgehead atoms. The van der Waals surface area contributed by atoms with Crippen molar-refractivity contribution in [3.63, 3.8) is 0 Å². The molecule has 0 atom stereocenters. The molecule has 15 heavy (non-hydrogen) atoms. The van der Waals surface area contributed by atoms with Crippen LogP contribution in [0.4, 0.5) is 18.9 Å². The largest absolute Gasteiger partial charge is 0.396 e. The van der Waals surface area contributed by atoms with Crippen LogP contribution in [-0.4, -0.2) is 13.1 Å². The predicted octanol–water partition coefficient (Wildman–Crippen LogP) is 1.55. The fourth-order valence-electron chi connectivity index (χ4n) is 1.84. The van der Waals surface area contributed by atoms with E-state index in [1.165, 1.54) is 0 Å². The molecule has 0 aromatic heterocycles. The van der Waals surface area contributed by atoms with Crippen LogP contribution < -0.4 is 11.1 Å². The molecule has 0 saturated carbocycles. The van der Waals surface area contributed by atoms with Crippen LogP contribution in [0, 0.1) is 17.5 Å². The van der Waals surface area contributed by atoms with Gasteiger partial charge in [0.1, 0.15) is 5.82 Å². The van der Waals surface area contributed by atoms with E-state index in [2.05, 4.69) is 5.32 Å². The molecule has 3 N–H and O–H groups in total. The maximum absolute atomic E-state index is 13.5. The molecule has 0 unspecified atom stereocenters. The second kappa shape index (κ2) is 3.13. The Hall–Kier alpha value is -1.23. The summed E-state index contributed by atoms with van der Waals surface area (Å²) in [6.45, 7) is 2.55. The number of nitrogens with two attached hydrogens (primary N) is 1. The van der Waals surface area contributed by atoms with Gasteiger partial charge in [0.15, 0.2) is 11.6 Å². The van der Waals surface area contributed by atoms with Crippen LogP contribution in [0.5, 0.6) is 0 Å². The van der Waals surface area contributed by atoms with Crippen molar-refractivity contribution < 1.29 is 13.2 Å². The van der Waals surface area contributed by atoms with Gasteiger partial charge in [0.25, 0.3) is 0 Å². The standard InChI is InChI=1S/C10H11F3N2/c1-10(3-15-4-10)7-5(11)2-6(14)8(12)9(7)13/h2,15H,3-4,14H2,1H3. The summed E-state index contributed by atoms with van der Waals surface area (Å²) >= 11 is 0. The Bertz CT molecular complexity index is 414. The topological polar surface area (TPSA) is 38.0 Å². The highest BCUT2D eigenvalue weighted by molar-refractivity contribution is 5.46. The third-order valence-corrected chi connectivity index (χ3v) is 2.82. The fraction of sp³-hybridized carbons (Fsp3) is 0.400. The average Bonchev–Trinajstić information content (AvgIpc) is 2.11. The first-order valence-corrected chi connectivity index (χ1v) is 4.60. The van der Waals surface area contributed by atoms with Crippen LogP contribution in [-0.2, 0) is 5.41 Å². The number of hydrogen-bond acceptors (Lipinski definition) is 2. The van der Waals surface area contributed by atoms with E-state index < -0.39 is 28.6 Å². The van der Waals surface area contributed by atoms with Crippen molar-refractivity contribution in [3.05, 3.63) is 29.1 Å². The summed E-state index contributed by atoms with van der Waals surface area (Å²) < 4.78 is 40.2. The molecule has 0 spiro atoms. The summed E-state index contributed by atoms with van der Waals surface area (Å²) in [5.74, 6) is -3.12. The zero-order valence-electron chi connectivity index (χ0n) is 8.20. The normalized spacial score (nSPS) is 18.7. The molecule has 2 rings (SSSR count). The van der Waals surface area contributed by atoms with E-state index in [4.69, 9.17) is 5.73 Å². The summed E-state index contributed by atoms with van der Waals surface area (Å²) in [6.07, 6.45) is 0. The fourth-order valence-corrected chi connectivity index (χ4v) is 1.84. The van der Waals surface area contributed by atoms with E-state index in [9.17, 15) is 13.2 Å². The third kappa shape index (κ3) is 1.38. The lowest BCUT2D eigenvalue weighted by Crippen LogP contribution is -2.55. The number of anilines is 1. The summed E-state index contributed by atoms with van der Waals surface area (Å²) in [6, 6.07) is 0.831. The lowest BCUT2D eigenvalue weighted by molar-refractivity contribution is 0.280. The Balaban J connectivity index is 2.61. The van der Waals surface area contributed by atoms with Gasteiger partial charge in [-0.15, -0.1) is 0 Å². The van der Waals surface area contributed by atoms with Crippen LogP contribution in [0.2, 0.25) is 0 Å². The van der Waals surface area contributed by atoms with Crippen molar-refractivity contribution in [1.82, 2.24) is 5.32 Å². The highest BCUT2D eigenvalue weighted by atomic mass is 19.2. The smallest absolute Gasteiger partial charge is 0.182 e. The summed E-state index contributed by atoms with van der Waals surface area (Å²) in [5.41, 5.74) is 3.73. The molecule has 1 saturated heterocycles. The van der Waals surface area contributed by atoms with Gasteiger partial charge in [0.05, 0.1) is 5.69 Å². The third-order valence-electron chi connectivity index (χ3n) is 2.82. The molecule has 1 aromatic carbocycles. The zero-order chi connectivity index (χ0) is 11.2. The molecule has 82 valence electrons. The minimum atomic E-state index is -1.17. The number of benzene rings is 1. The van der Waals surface area contributed by atoms with Gasteiger partial charge in [-0.05, 0) is 0 Å². The van der Waals surface area contributed by atoms with Crippen LogP contribution >= 0.6 is 0 Å². The lowest BCUT2D eigenvalue weighted by Gasteiger charge is -2.40. The van der Waals surface area contributed by atoms with Crippen LogP contribution in [0.25, 0.3) is 0 Å². The first kappa shape index (κ1) is 10.3. The molecule has 0 amide bonds. The van der Waals surface area contributed by atoms with Gasteiger partial charge < -0.3 is 11.1 Å². The highest BCUT2D eigenvalue weighted by Gasteiger charge is 2.39. The number of hydrogen-bond donors (Lipinski definition) is 2. The van der Waals surface area contributed by atoms with Crippen molar-refractivity contribution in [3.8, 4) is 0 Å². The molecule has 2 nitrogen and oxygen atoms in total. The van der Waals surface area contributed by atoms with Gasteiger partial charge in [0.2, 0.25) is 0 Å². The maximum Gasteiger partial charge on any atom is 0.182 e. The predicted molar refractivity (Wildman–Crippen MR) is 51.0 cm³/mol. The number of nitrogens with one attached hydrogen (secondary N) is 1. The van der Waals surface area contributed by atoms with E-state index >= 15 is 0 Å². The van der Waals surface area contributed by atoms with E-state index in [0.717, 1.165) is 6.07 Å². The Kier molecular flexibility index (Phi) is 2.15. The maximum atomic E-state index is 13.5. The quantitative estimate of drug-likeness (QED) is 0.552. The van der Waals surface area contributed by atoms with Gasteiger partial charge in [-0.2, -0.15) is 0 Å². The molecular weight excluding hydrogens is 205 g/mol. The molecule has 5 heteroatoms. The minimum absolute atomic E-state index is 0.215. The van der Waals surface area contributed by atoms with Crippen molar-refractivity contribution in [2.24, 2.45) is 0 Å². The lowest BCUT2D eigenvalue weighted by atomic mass is 9.76. The van der Waals surface area contributed by atoms with Crippen molar-refractivity contribution in [2.75, 3.05) is 18.8 Å². The molecule has 0 radical (unpaired) electrons. The summed E-state index contributed by atoms with van der Waals surface area (Å²) in [4.78, 5) is 0. The van der Waals surface area contributed by atoms with E-state index in [-0.39, 0.29) is 5.56 Å². The van der Waals surface area contributed by atoms with E-state index in [1.54, 1.807) is 6.92 Å². The number of rotatable bonds is 1. The minimum Gasteiger partial charge on any atom is -0.396 e. The van der Waals surface area contributed by atoms with Gasteiger partial charge in [-0.1, -0.05) is 6.92 Å². The Labute approximate surface area is 85.3 Å². The van der Waals surface area contributed by atoms with Crippen LogP contribution in [0.15, 0.2) is 6.07 Å². The number of nitrogen functional groups attached to an aromatic ring is 1. The van der Waals surface area contributed by atoms with Crippen LogP contribution in [0.3, 0.4) is 0 Å². The van der Waals surface area contributed by atoms with Gasteiger partial charge in [-0.3, -0.25) is 0 Å². The Morgan fingerprint density at radius 1 is 1.27 bits per heavy atom. The molecule has 1 aliphatic heterocycles. The van der Waals surface area contributed by atoms with Gasteiger partial charge >= 0.3 is 0 Å². The second-order valence-electron chi connectivity index (χ2n) is 4.11. The van der Waals surface area contributed by atoms with Crippen LogP contribution in [0.1, 0.15) is 12.5 Å². The molecule has 1 fully saturated rings. The molecular formula is C10H11F3N2. The molecule has 0 aliphatic carbocycles. The zero-order valence-corrected chi connectivity index (χ0v) is 8.20. The van der Waals surface area contributed by atoms with E-state index in [0.29, 0.717) is 13.1 Å². The van der Waals surface area contributed by atoms with Crippen molar-refractivity contribution in [2.45, 2.75) is 12.3 Å². The van der Waals surface area contributed by atoms with Crippen molar-refractivity contribution in [1.29, 1.82) is 0 Å². The average molecular weight is 216 g/mol. The Morgan fingerprint density at radius 3 is 2.33 bits per heavy atom. The SMILES string of the molecule is CC1(c2c(F)cc(N)c(F)c2F)CNC1. The monoisotopic (exact) mass is 216 g/mol. The molecule has 1 aromatic rings. The Morgan fingerprint density at radius 2 is 1.87 bits per heavy atom. The molecule has 1 heterocycles. The first-order valence-electron chi connectivity index (χ1n) is 4.60.